The SMILES string of the molecule is CC(C)(C)OC(=O)NCCC(=O)NCc1ccccc1NC(=O)c1cccnc1. The van der Waals surface area contributed by atoms with Crippen LogP contribution in [0.2, 0.25) is 0 Å². The summed E-state index contributed by atoms with van der Waals surface area (Å²) < 4.78 is 5.11. The molecule has 0 aliphatic heterocycles. The lowest BCUT2D eigenvalue weighted by atomic mass is 10.1. The van der Waals surface area contributed by atoms with Gasteiger partial charge in [0.05, 0.1) is 5.56 Å². The van der Waals surface area contributed by atoms with Gasteiger partial charge < -0.3 is 20.7 Å². The van der Waals surface area contributed by atoms with E-state index >= 15 is 0 Å². The molecule has 0 aliphatic carbocycles. The van der Waals surface area contributed by atoms with Gasteiger partial charge in [0.25, 0.3) is 5.91 Å². The molecule has 0 unspecified atom stereocenters. The Morgan fingerprint density at radius 3 is 2.48 bits per heavy atom. The number of hydrogen-bond donors (Lipinski definition) is 3. The molecule has 0 atom stereocenters. The number of rotatable bonds is 7. The molecule has 154 valence electrons. The Morgan fingerprint density at radius 2 is 1.79 bits per heavy atom. The minimum Gasteiger partial charge on any atom is -0.444 e. The van der Waals surface area contributed by atoms with Crippen LogP contribution in [0.4, 0.5) is 10.5 Å². The van der Waals surface area contributed by atoms with Crippen LogP contribution in [0.15, 0.2) is 48.8 Å². The fourth-order valence-corrected chi connectivity index (χ4v) is 2.36. The van der Waals surface area contributed by atoms with Crippen molar-refractivity contribution in [1.82, 2.24) is 15.6 Å². The predicted molar refractivity (Wildman–Crippen MR) is 109 cm³/mol. The van der Waals surface area contributed by atoms with Gasteiger partial charge in [0.2, 0.25) is 5.91 Å². The van der Waals surface area contributed by atoms with Crippen molar-refractivity contribution in [1.29, 1.82) is 0 Å². The summed E-state index contributed by atoms with van der Waals surface area (Å²) >= 11 is 0. The molecule has 0 bridgehead atoms. The highest BCUT2D eigenvalue weighted by Crippen LogP contribution is 2.16. The van der Waals surface area contributed by atoms with Gasteiger partial charge in [0.1, 0.15) is 5.60 Å². The van der Waals surface area contributed by atoms with Crippen LogP contribution in [-0.2, 0) is 16.1 Å². The van der Waals surface area contributed by atoms with Crippen molar-refractivity contribution in [2.45, 2.75) is 39.3 Å². The highest BCUT2D eigenvalue weighted by atomic mass is 16.6. The maximum atomic E-state index is 12.3. The third-order valence-electron chi connectivity index (χ3n) is 3.69. The Balaban J connectivity index is 1.82. The Bertz CT molecular complexity index is 847. The molecule has 0 fully saturated rings. The lowest BCUT2D eigenvalue weighted by molar-refractivity contribution is -0.121. The van der Waals surface area contributed by atoms with E-state index in [0.717, 1.165) is 5.56 Å². The molecule has 3 N–H and O–H groups in total. The van der Waals surface area contributed by atoms with Gasteiger partial charge in [-0.3, -0.25) is 14.6 Å². The van der Waals surface area contributed by atoms with Crippen LogP contribution in [0, 0.1) is 0 Å². The van der Waals surface area contributed by atoms with E-state index in [4.69, 9.17) is 4.74 Å². The average molecular weight is 398 g/mol. The highest BCUT2D eigenvalue weighted by molar-refractivity contribution is 6.04. The summed E-state index contributed by atoms with van der Waals surface area (Å²) in [6.07, 6.45) is 2.63. The number of nitrogens with zero attached hydrogens (tertiary/aromatic N) is 1. The second-order valence-corrected chi connectivity index (χ2v) is 7.31. The number of carbonyl (C=O) groups excluding carboxylic acids is 3. The molecule has 0 spiro atoms. The molecule has 2 rings (SSSR count). The number of carbonyl (C=O) groups is 3. The van der Waals surface area contributed by atoms with Crippen LogP contribution >= 0.6 is 0 Å². The Kier molecular flexibility index (Phi) is 7.70. The fraction of sp³-hybridized carbons (Fsp3) is 0.333. The largest absolute Gasteiger partial charge is 0.444 e. The minimum absolute atomic E-state index is 0.115. The maximum Gasteiger partial charge on any atom is 0.407 e. The standard InChI is InChI=1S/C21H26N4O4/c1-21(2,3)29-20(28)23-12-10-18(26)24-14-15-7-4-5-9-17(15)25-19(27)16-8-6-11-22-13-16/h4-9,11,13H,10,12,14H2,1-3H3,(H,23,28)(H,24,26)(H,25,27). The molecule has 1 aromatic carbocycles. The minimum atomic E-state index is -0.587. The summed E-state index contributed by atoms with van der Waals surface area (Å²) in [6.45, 7) is 5.71. The average Bonchev–Trinajstić information content (AvgIpc) is 2.66. The van der Waals surface area contributed by atoms with Crippen LogP contribution in [-0.4, -0.2) is 35.0 Å². The van der Waals surface area contributed by atoms with Crippen molar-refractivity contribution < 1.29 is 19.1 Å². The number of amides is 3. The predicted octanol–water partition coefficient (Wildman–Crippen LogP) is 2.86. The molecule has 1 aromatic heterocycles. The number of hydrogen-bond acceptors (Lipinski definition) is 5. The lowest BCUT2D eigenvalue weighted by Crippen LogP contribution is -2.35. The summed E-state index contributed by atoms with van der Waals surface area (Å²) in [5.41, 5.74) is 1.22. The van der Waals surface area contributed by atoms with Crippen molar-refractivity contribution in [3.05, 3.63) is 59.9 Å². The van der Waals surface area contributed by atoms with Crippen LogP contribution in [0.25, 0.3) is 0 Å². The van der Waals surface area contributed by atoms with E-state index in [1.165, 1.54) is 6.20 Å². The van der Waals surface area contributed by atoms with Crippen LogP contribution in [0.5, 0.6) is 0 Å². The number of anilines is 1. The molecular weight excluding hydrogens is 372 g/mol. The van der Waals surface area contributed by atoms with Crippen LogP contribution in [0.1, 0.15) is 43.1 Å². The highest BCUT2D eigenvalue weighted by Gasteiger charge is 2.16. The number of para-hydroxylation sites is 1. The van der Waals surface area contributed by atoms with E-state index in [2.05, 4.69) is 20.9 Å². The fourth-order valence-electron chi connectivity index (χ4n) is 2.36. The second-order valence-electron chi connectivity index (χ2n) is 7.31. The summed E-state index contributed by atoms with van der Waals surface area (Å²) in [5, 5.41) is 8.15. The zero-order valence-corrected chi connectivity index (χ0v) is 16.8. The summed E-state index contributed by atoms with van der Waals surface area (Å²) in [5.74, 6) is -0.507. The van der Waals surface area contributed by atoms with Gasteiger partial charge in [-0.2, -0.15) is 0 Å². The molecule has 3 amide bonds. The van der Waals surface area contributed by atoms with Gasteiger partial charge in [0.15, 0.2) is 0 Å². The first-order chi connectivity index (χ1) is 13.7. The van der Waals surface area contributed by atoms with Gasteiger partial charge in [0, 0.05) is 37.6 Å². The quantitative estimate of drug-likeness (QED) is 0.664. The monoisotopic (exact) mass is 398 g/mol. The zero-order chi connectivity index (χ0) is 21.3. The van der Waals surface area contributed by atoms with E-state index < -0.39 is 11.7 Å². The van der Waals surface area contributed by atoms with Crippen LogP contribution < -0.4 is 16.0 Å². The molecular formula is C21H26N4O4. The third kappa shape index (κ3) is 8.00. The summed E-state index contributed by atoms with van der Waals surface area (Å²) in [4.78, 5) is 39.9. The number of ether oxygens (including phenoxy) is 1. The van der Waals surface area contributed by atoms with E-state index in [0.29, 0.717) is 11.3 Å². The third-order valence-corrected chi connectivity index (χ3v) is 3.69. The molecule has 2 aromatic rings. The maximum absolute atomic E-state index is 12.3. The van der Waals surface area contributed by atoms with Gasteiger partial charge in [-0.05, 0) is 44.5 Å². The van der Waals surface area contributed by atoms with Gasteiger partial charge in [-0.1, -0.05) is 18.2 Å². The first kappa shape index (κ1) is 21.9. The van der Waals surface area contributed by atoms with E-state index in [1.54, 1.807) is 51.2 Å². The van der Waals surface area contributed by atoms with Gasteiger partial charge in [-0.15, -0.1) is 0 Å². The smallest absolute Gasteiger partial charge is 0.407 e. The van der Waals surface area contributed by atoms with E-state index in [9.17, 15) is 14.4 Å². The van der Waals surface area contributed by atoms with Crippen LogP contribution in [0.3, 0.4) is 0 Å². The van der Waals surface area contributed by atoms with Crippen molar-refractivity contribution >= 4 is 23.6 Å². The number of benzene rings is 1. The molecule has 0 aliphatic rings. The Morgan fingerprint density at radius 1 is 1.03 bits per heavy atom. The Labute approximate surface area is 170 Å². The number of nitrogens with one attached hydrogen (secondary N) is 3. The summed E-state index contributed by atoms with van der Waals surface area (Å²) in [6, 6.07) is 10.6. The van der Waals surface area contributed by atoms with Crippen molar-refractivity contribution in [2.24, 2.45) is 0 Å². The molecule has 8 nitrogen and oxygen atoms in total. The van der Waals surface area contributed by atoms with E-state index in [-0.39, 0.29) is 31.3 Å². The molecule has 8 heteroatoms. The zero-order valence-electron chi connectivity index (χ0n) is 16.8. The normalized spacial score (nSPS) is 10.7. The van der Waals surface area contributed by atoms with Gasteiger partial charge in [-0.25, -0.2) is 4.79 Å². The Hall–Kier alpha value is -3.42. The van der Waals surface area contributed by atoms with Crippen molar-refractivity contribution in [2.75, 3.05) is 11.9 Å². The summed E-state index contributed by atoms with van der Waals surface area (Å²) in [7, 11) is 0. The molecule has 0 saturated carbocycles. The van der Waals surface area contributed by atoms with Gasteiger partial charge >= 0.3 is 6.09 Å². The molecule has 29 heavy (non-hydrogen) atoms. The molecule has 0 radical (unpaired) electrons. The number of aromatic nitrogens is 1. The molecule has 1 heterocycles. The number of pyridine rings is 1. The van der Waals surface area contributed by atoms with E-state index in [1.807, 2.05) is 12.1 Å². The second kappa shape index (κ2) is 10.2. The first-order valence-electron chi connectivity index (χ1n) is 9.27. The van der Waals surface area contributed by atoms with Crippen molar-refractivity contribution in [3.8, 4) is 0 Å². The lowest BCUT2D eigenvalue weighted by Gasteiger charge is -2.19. The molecule has 0 saturated heterocycles. The number of alkyl carbamates (subject to hydrolysis) is 1. The topological polar surface area (TPSA) is 109 Å². The first-order valence-corrected chi connectivity index (χ1v) is 9.27. The van der Waals surface area contributed by atoms with Crippen molar-refractivity contribution in [3.63, 3.8) is 0 Å².